The van der Waals surface area contributed by atoms with E-state index in [9.17, 15) is 22.8 Å². The molecule has 4 aromatic heterocycles. The highest BCUT2D eigenvalue weighted by Gasteiger charge is 2.32. The summed E-state index contributed by atoms with van der Waals surface area (Å²) >= 11 is 0. The fourth-order valence-corrected chi connectivity index (χ4v) is 5.83. The van der Waals surface area contributed by atoms with Crippen LogP contribution in [-0.4, -0.2) is 45.9 Å². The van der Waals surface area contributed by atoms with Gasteiger partial charge < -0.3 is 19.8 Å². The van der Waals surface area contributed by atoms with Crippen molar-refractivity contribution in [1.29, 1.82) is 0 Å². The first-order valence-corrected chi connectivity index (χ1v) is 17.0. The fraction of sp³-hybridized carbons (Fsp3) is 0.0976. The van der Waals surface area contributed by atoms with Crippen molar-refractivity contribution < 1.29 is 22.8 Å². The lowest BCUT2D eigenvalue weighted by molar-refractivity contribution is -0.141. The molecular weight excluding hydrogens is 708 g/mol. The molecule has 0 saturated heterocycles. The molecule has 0 bridgehead atoms. The Balaban J connectivity index is 0.000000170. The number of aromatic nitrogens is 7. The number of pyridine rings is 1. The maximum Gasteiger partial charge on any atom is 0.433 e. The van der Waals surface area contributed by atoms with Crippen LogP contribution in [0.15, 0.2) is 140 Å². The number of halogens is 3. The molecule has 14 heteroatoms. The van der Waals surface area contributed by atoms with Gasteiger partial charge >= 0.3 is 6.18 Å². The highest BCUT2D eigenvalue weighted by Crippen LogP contribution is 2.29. The Hall–Kier alpha value is -7.22. The second-order valence-corrected chi connectivity index (χ2v) is 12.5. The molecule has 0 unspecified atom stereocenters. The van der Waals surface area contributed by atoms with Crippen molar-refractivity contribution in [3.63, 3.8) is 0 Å². The number of imidazole rings is 2. The smallest absolute Gasteiger partial charge is 0.325 e. The maximum absolute atomic E-state index is 12.9. The number of rotatable bonds is 8. The van der Waals surface area contributed by atoms with Gasteiger partial charge in [-0.05, 0) is 79.2 Å². The molecule has 0 spiro atoms. The van der Waals surface area contributed by atoms with E-state index >= 15 is 0 Å². The number of carbonyl (C=O) groups is 2. The monoisotopic (exact) mass is 739 g/mol. The van der Waals surface area contributed by atoms with Crippen LogP contribution in [0.4, 0.5) is 24.5 Å². The number of alkyl halides is 3. The number of hydrogen-bond acceptors (Lipinski definition) is 7. The largest absolute Gasteiger partial charge is 0.433 e. The van der Waals surface area contributed by atoms with Crippen LogP contribution in [0.5, 0.6) is 0 Å². The molecule has 0 fully saturated rings. The summed E-state index contributed by atoms with van der Waals surface area (Å²) in [6.07, 6.45) is 1.56. The number of para-hydroxylation sites is 4. The molecule has 4 aromatic carbocycles. The average molecular weight is 740 g/mol. The molecule has 0 saturated carbocycles. The third-order valence-corrected chi connectivity index (χ3v) is 8.39. The first-order chi connectivity index (χ1) is 26.6. The van der Waals surface area contributed by atoms with E-state index in [4.69, 9.17) is 0 Å². The van der Waals surface area contributed by atoms with Gasteiger partial charge in [0, 0.05) is 34.9 Å². The molecule has 2 amide bonds. The summed E-state index contributed by atoms with van der Waals surface area (Å²) in [5, 5.41) is 5.69. The number of hydrogen-bond donors (Lipinski definition) is 2. The van der Waals surface area contributed by atoms with Crippen LogP contribution < -0.4 is 10.6 Å². The van der Waals surface area contributed by atoms with E-state index in [-0.39, 0.29) is 30.7 Å². The molecule has 0 aliphatic heterocycles. The van der Waals surface area contributed by atoms with Gasteiger partial charge in [0.15, 0.2) is 5.82 Å². The number of anilines is 2. The second-order valence-electron chi connectivity index (χ2n) is 12.5. The zero-order valence-electron chi connectivity index (χ0n) is 29.3. The van der Waals surface area contributed by atoms with Gasteiger partial charge in [-0.3, -0.25) is 14.6 Å². The standard InChI is InChI=1S/C21H18N4O.C20H14F3N5O/c1-15-9-10-22-19(11-15)16-5-4-6-17(12-16)24-21(26)13-25-14-23-18-7-2-3-8-20(18)25;21-20(22,23)17-8-9-24-19(27-17)13-4-3-5-14(10-13)26-18(29)11-28-12-25-15-6-1-2-7-16(15)28/h2-12,14H,13H2,1H3,(H,24,26);1-10,12H,11H2,(H,26,29). The van der Waals surface area contributed by atoms with Crippen molar-refractivity contribution in [1.82, 2.24) is 34.1 Å². The average Bonchev–Trinajstić information content (AvgIpc) is 3.79. The van der Waals surface area contributed by atoms with Gasteiger partial charge in [-0.1, -0.05) is 48.5 Å². The topological polar surface area (TPSA) is 133 Å². The third-order valence-electron chi connectivity index (χ3n) is 8.39. The van der Waals surface area contributed by atoms with E-state index < -0.39 is 11.9 Å². The summed E-state index contributed by atoms with van der Waals surface area (Å²) in [7, 11) is 0. The number of fused-ring (bicyclic) bond motifs is 2. The van der Waals surface area contributed by atoms with Crippen molar-refractivity contribution in [3.05, 3.63) is 152 Å². The van der Waals surface area contributed by atoms with Crippen LogP contribution in [0.25, 0.3) is 44.7 Å². The first-order valence-electron chi connectivity index (χ1n) is 17.0. The summed E-state index contributed by atoms with van der Waals surface area (Å²) in [5.74, 6) is -0.464. The number of benzene rings is 4. The van der Waals surface area contributed by atoms with Gasteiger partial charge in [0.25, 0.3) is 0 Å². The SMILES string of the molecule is Cc1ccnc(-c2cccc(NC(=O)Cn3cnc4ccccc43)c2)c1.O=C(Cn1cnc2ccccc21)Nc1cccc(-c2nccc(C(F)(F)F)n2)c1. The van der Waals surface area contributed by atoms with Gasteiger partial charge in [-0.25, -0.2) is 19.9 Å². The molecule has 4 heterocycles. The molecule has 11 nitrogen and oxygen atoms in total. The van der Waals surface area contributed by atoms with Gasteiger partial charge in [0.2, 0.25) is 11.8 Å². The van der Waals surface area contributed by atoms with Crippen LogP contribution in [0.2, 0.25) is 0 Å². The Morgan fingerprint density at radius 2 is 1.16 bits per heavy atom. The van der Waals surface area contributed by atoms with E-state index in [1.807, 2.05) is 96.4 Å². The molecule has 0 radical (unpaired) electrons. The lowest BCUT2D eigenvalue weighted by atomic mass is 10.1. The Labute approximate surface area is 312 Å². The Bertz CT molecular complexity index is 2630. The summed E-state index contributed by atoms with van der Waals surface area (Å²) < 4.78 is 42.2. The van der Waals surface area contributed by atoms with Gasteiger partial charge in [0.05, 0.1) is 40.4 Å². The van der Waals surface area contributed by atoms with E-state index in [2.05, 4.69) is 35.6 Å². The summed E-state index contributed by atoms with van der Waals surface area (Å²) in [6, 6.07) is 34.1. The molecule has 0 atom stereocenters. The zero-order chi connectivity index (χ0) is 38.4. The normalized spacial score (nSPS) is 11.2. The lowest BCUT2D eigenvalue weighted by Crippen LogP contribution is -2.18. The lowest BCUT2D eigenvalue weighted by Gasteiger charge is -2.09. The molecule has 8 aromatic rings. The molecular formula is C41H32F3N9O2. The summed E-state index contributed by atoms with van der Waals surface area (Å²) in [5.41, 5.74) is 6.97. The number of nitrogens with one attached hydrogen (secondary N) is 2. The van der Waals surface area contributed by atoms with Gasteiger partial charge in [0.1, 0.15) is 18.8 Å². The number of carbonyl (C=O) groups excluding carboxylic acids is 2. The second kappa shape index (κ2) is 15.8. The quantitative estimate of drug-likeness (QED) is 0.161. The van der Waals surface area contributed by atoms with Gasteiger partial charge in [-0.15, -0.1) is 0 Å². The first kappa shape index (κ1) is 36.2. The molecule has 55 heavy (non-hydrogen) atoms. The van der Waals surface area contributed by atoms with Crippen LogP contribution in [0.1, 0.15) is 11.3 Å². The molecule has 2 N–H and O–H groups in total. The Morgan fingerprint density at radius 1 is 0.618 bits per heavy atom. The van der Waals surface area contributed by atoms with Crippen LogP contribution in [0, 0.1) is 6.92 Å². The third kappa shape index (κ3) is 8.88. The van der Waals surface area contributed by atoms with Crippen LogP contribution in [0.3, 0.4) is 0 Å². The molecule has 0 aliphatic rings. The molecule has 274 valence electrons. The van der Waals surface area contributed by atoms with Crippen molar-refractivity contribution in [3.8, 4) is 22.6 Å². The van der Waals surface area contributed by atoms with E-state index in [1.54, 1.807) is 41.6 Å². The predicted molar refractivity (Wildman–Crippen MR) is 204 cm³/mol. The van der Waals surface area contributed by atoms with Crippen molar-refractivity contribution in [2.24, 2.45) is 0 Å². The number of nitrogens with zero attached hydrogens (tertiary/aromatic N) is 7. The highest BCUT2D eigenvalue weighted by atomic mass is 19.4. The highest BCUT2D eigenvalue weighted by molar-refractivity contribution is 5.93. The Kier molecular flexibility index (Phi) is 10.4. The number of amides is 2. The van der Waals surface area contributed by atoms with Crippen LogP contribution in [-0.2, 0) is 28.9 Å². The van der Waals surface area contributed by atoms with Gasteiger partial charge in [-0.2, -0.15) is 13.2 Å². The minimum atomic E-state index is -4.56. The van der Waals surface area contributed by atoms with Crippen molar-refractivity contribution in [2.45, 2.75) is 26.2 Å². The fourth-order valence-electron chi connectivity index (χ4n) is 5.83. The van der Waals surface area contributed by atoms with Crippen molar-refractivity contribution in [2.75, 3.05) is 10.6 Å². The van der Waals surface area contributed by atoms with Crippen molar-refractivity contribution >= 4 is 45.3 Å². The molecule has 8 rings (SSSR count). The van der Waals surface area contributed by atoms with E-state index in [0.717, 1.165) is 56.8 Å². The molecule has 0 aliphatic carbocycles. The Morgan fingerprint density at radius 3 is 1.75 bits per heavy atom. The van der Waals surface area contributed by atoms with E-state index in [1.165, 1.54) is 6.07 Å². The number of aryl methyl sites for hydroxylation is 1. The predicted octanol–water partition coefficient (Wildman–Crippen LogP) is 8.20. The minimum absolute atomic E-state index is 0.0464. The zero-order valence-corrected chi connectivity index (χ0v) is 29.3. The summed E-state index contributed by atoms with van der Waals surface area (Å²) in [4.78, 5) is 45.3. The van der Waals surface area contributed by atoms with E-state index in [0.29, 0.717) is 11.3 Å². The van der Waals surface area contributed by atoms with Crippen LogP contribution >= 0.6 is 0 Å². The maximum atomic E-state index is 12.9. The summed E-state index contributed by atoms with van der Waals surface area (Å²) in [6.45, 7) is 2.30. The minimum Gasteiger partial charge on any atom is -0.325 e.